The van der Waals surface area contributed by atoms with Crippen LogP contribution >= 0.6 is 11.3 Å². The van der Waals surface area contributed by atoms with Gasteiger partial charge in [0.2, 0.25) is 0 Å². The summed E-state index contributed by atoms with van der Waals surface area (Å²) >= 11 is 1.58. The molecular weight excluding hydrogens is 376 g/mol. The van der Waals surface area contributed by atoms with Crippen LogP contribution < -0.4 is 22.3 Å². The summed E-state index contributed by atoms with van der Waals surface area (Å²) in [5.41, 5.74) is 5.50. The molecule has 0 aliphatic heterocycles. The van der Waals surface area contributed by atoms with E-state index in [9.17, 15) is 14.4 Å². The number of anilines is 1. The minimum Gasteiger partial charge on any atom is -0.384 e. The average molecular weight is 398 g/mol. The van der Waals surface area contributed by atoms with Gasteiger partial charge in [-0.15, -0.1) is 11.3 Å². The van der Waals surface area contributed by atoms with Crippen LogP contribution in [0.15, 0.2) is 57.4 Å². The first-order chi connectivity index (χ1) is 13.3. The van der Waals surface area contributed by atoms with Gasteiger partial charge in [-0.25, -0.2) is 4.79 Å². The average Bonchev–Trinajstić information content (AvgIpc) is 3.24. The normalized spacial score (nSPS) is 13.2. The Bertz CT molecular complexity index is 1100. The van der Waals surface area contributed by atoms with Gasteiger partial charge in [0.05, 0.1) is 12.1 Å². The number of carbonyl (C=O) groups excluding carboxylic acids is 1. The van der Waals surface area contributed by atoms with E-state index in [0.29, 0.717) is 0 Å². The van der Waals surface area contributed by atoms with Crippen molar-refractivity contribution in [2.24, 2.45) is 14.1 Å². The molecule has 0 radical (unpaired) electrons. The standard InChI is InChI=1S/C20H22N4O3S/c1-12(17(25)15-18(21)23(2)20(27)24(3)19(15)26)22-16(14-10-7-11-28-14)13-8-5-4-6-9-13/h4-12,16,22H,21H2,1-3H3/t12-,16-/m0/s1. The molecule has 0 aliphatic rings. The Morgan fingerprint density at radius 1 is 1.07 bits per heavy atom. The molecule has 2 atom stereocenters. The quantitative estimate of drug-likeness (QED) is 0.616. The monoisotopic (exact) mass is 398 g/mol. The molecule has 3 N–H and O–H groups in total. The van der Waals surface area contributed by atoms with Crippen molar-refractivity contribution in [3.05, 3.63) is 84.7 Å². The number of nitrogens with zero attached hydrogens (tertiary/aromatic N) is 2. The largest absolute Gasteiger partial charge is 0.384 e. The highest BCUT2D eigenvalue weighted by Gasteiger charge is 2.27. The first kappa shape index (κ1) is 19.8. The Labute approximate surface area is 166 Å². The molecule has 0 bridgehead atoms. The highest BCUT2D eigenvalue weighted by Crippen LogP contribution is 2.26. The fourth-order valence-corrected chi connectivity index (χ4v) is 3.89. The number of nitrogen functional groups attached to an aromatic ring is 1. The third-order valence-corrected chi connectivity index (χ3v) is 5.66. The number of carbonyl (C=O) groups is 1. The summed E-state index contributed by atoms with van der Waals surface area (Å²) in [5.74, 6) is -0.578. The number of ketones is 1. The molecule has 3 aromatic rings. The lowest BCUT2D eigenvalue weighted by Crippen LogP contribution is -2.45. The van der Waals surface area contributed by atoms with Crippen molar-refractivity contribution in [2.45, 2.75) is 19.0 Å². The van der Waals surface area contributed by atoms with E-state index in [0.717, 1.165) is 19.6 Å². The molecule has 0 saturated carbocycles. The van der Waals surface area contributed by atoms with Crippen LogP contribution in [0.2, 0.25) is 0 Å². The van der Waals surface area contributed by atoms with Gasteiger partial charge < -0.3 is 5.73 Å². The first-order valence-corrected chi connectivity index (χ1v) is 9.65. The van der Waals surface area contributed by atoms with Gasteiger partial charge in [-0.2, -0.15) is 0 Å². The molecule has 2 aromatic heterocycles. The van der Waals surface area contributed by atoms with Crippen LogP contribution in [0.5, 0.6) is 0 Å². The Morgan fingerprint density at radius 3 is 2.36 bits per heavy atom. The van der Waals surface area contributed by atoms with E-state index in [-0.39, 0.29) is 17.4 Å². The van der Waals surface area contributed by atoms with E-state index in [1.807, 2.05) is 47.8 Å². The van der Waals surface area contributed by atoms with Crippen LogP contribution in [0.1, 0.15) is 33.8 Å². The fourth-order valence-electron chi connectivity index (χ4n) is 3.08. The smallest absolute Gasteiger partial charge is 0.332 e. The number of hydrogen-bond donors (Lipinski definition) is 2. The molecule has 7 nitrogen and oxygen atoms in total. The number of thiophene rings is 1. The van der Waals surface area contributed by atoms with E-state index >= 15 is 0 Å². The lowest BCUT2D eigenvalue weighted by atomic mass is 10.0. The van der Waals surface area contributed by atoms with Gasteiger partial charge >= 0.3 is 5.69 Å². The summed E-state index contributed by atoms with van der Waals surface area (Å²) in [5, 5.41) is 5.28. The molecule has 1 aromatic carbocycles. The zero-order chi connectivity index (χ0) is 20.4. The second kappa shape index (κ2) is 7.95. The van der Waals surface area contributed by atoms with Gasteiger partial charge in [0, 0.05) is 19.0 Å². The van der Waals surface area contributed by atoms with Gasteiger partial charge in [0.1, 0.15) is 11.4 Å². The second-order valence-electron chi connectivity index (χ2n) is 6.58. The SMILES string of the molecule is C[C@H](N[C@@H](c1ccccc1)c1cccs1)C(=O)c1c(N)n(C)c(=O)n(C)c1=O. The highest BCUT2D eigenvalue weighted by atomic mass is 32.1. The molecule has 8 heteroatoms. The van der Waals surface area contributed by atoms with Crippen molar-refractivity contribution < 1.29 is 4.79 Å². The summed E-state index contributed by atoms with van der Waals surface area (Å²) in [6, 6.07) is 12.8. The third-order valence-electron chi connectivity index (χ3n) is 4.73. The molecule has 28 heavy (non-hydrogen) atoms. The third kappa shape index (κ3) is 3.56. The number of hydrogen-bond acceptors (Lipinski definition) is 6. The summed E-state index contributed by atoms with van der Waals surface area (Å²) in [6.45, 7) is 1.69. The number of nitrogens with one attached hydrogen (secondary N) is 1. The Morgan fingerprint density at radius 2 is 1.75 bits per heavy atom. The van der Waals surface area contributed by atoms with E-state index in [2.05, 4.69) is 5.32 Å². The molecule has 0 spiro atoms. The van der Waals surface area contributed by atoms with Crippen LogP contribution in [0, 0.1) is 0 Å². The molecule has 146 valence electrons. The number of benzene rings is 1. The predicted molar refractivity (Wildman–Crippen MR) is 111 cm³/mol. The molecule has 0 fully saturated rings. The molecule has 0 saturated heterocycles. The maximum atomic E-state index is 13.1. The maximum Gasteiger partial charge on any atom is 0.332 e. The summed E-state index contributed by atoms with van der Waals surface area (Å²) < 4.78 is 2.00. The van der Waals surface area contributed by atoms with Crippen LogP contribution in [-0.2, 0) is 14.1 Å². The van der Waals surface area contributed by atoms with Crippen LogP contribution in [0.4, 0.5) is 5.82 Å². The number of Topliss-reactive ketones (excluding diaryl/α,β-unsaturated/α-hetero) is 1. The van der Waals surface area contributed by atoms with Crippen molar-refractivity contribution in [2.75, 3.05) is 5.73 Å². The Hall–Kier alpha value is -2.97. The van der Waals surface area contributed by atoms with Crippen molar-refractivity contribution in [3.8, 4) is 0 Å². The van der Waals surface area contributed by atoms with Gasteiger partial charge in [0.25, 0.3) is 5.56 Å². The zero-order valence-electron chi connectivity index (χ0n) is 15.9. The zero-order valence-corrected chi connectivity index (χ0v) is 16.7. The van der Waals surface area contributed by atoms with Gasteiger partial charge in [-0.3, -0.25) is 24.0 Å². The lowest BCUT2D eigenvalue weighted by molar-refractivity contribution is 0.0945. The van der Waals surface area contributed by atoms with E-state index < -0.39 is 23.1 Å². The molecule has 2 heterocycles. The van der Waals surface area contributed by atoms with Crippen molar-refractivity contribution >= 4 is 22.9 Å². The predicted octanol–water partition coefficient (Wildman–Crippen LogP) is 1.68. The van der Waals surface area contributed by atoms with Crippen molar-refractivity contribution in [1.82, 2.24) is 14.5 Å². The molecule has 0 unspecified atom stereocenters. The Balaban J connectivity index is 1.98. The van der Waals surface area contributed by atoms with Gasteiger partial charge in [-0.1, -0.05) is 36.4 Å². The topological polar surface area (TPSA) is 99.1 Å². The van der Waals surface area contributed by atoms with Crippen molar-refractivity contribution in [1.29, 1.82) is 0 Å². The number of nitrogens with two attached hydrogens (primary N) is 1. The fraction of sp³-hybridized carbons (Fsp3) is 0.250. The summed E-state index contributed by atoms with van der Waals surface area (Å²) in [7, 11) is 2.77. The minimum absolute atomic E-state index is 0.126. The lowest BCUT2D eigenvalue weighted by Gasteiger charge is -2.23. The number of aromatic nitrogens is 2. The van der Waals surface area contributed by atoms with E-state index in [4.69, 9.17) is 5.73 Å². The molecule has 3 rings (SSSR count). The first-order valence-electron chi connectivity index (χ1n) is 8.77. The van der Waals surface area contributed by atoms with Gasteiger partial charge in [-0.05, 0) is 23.9 Å². The van der Waals surface area contributed by atoms with E-state index in [1.54, 1.807) is 18.3 Å². The summed E-state index contributed by atoms with van der Waals surface area (Å²) in [6.07, 6.45) is 0. The highest BCUT2D eigenvalue weighted by molar-refractivity contribution is 7.10. The van der Waals surface area contributed by atoms with Crippen LogP contribution in [-0.4, -0.2) is 21.0 Å². The van der Waals surface area contributed by atoms with Crippen LogP contribution in [0.25, 0.3) is 0 Å². The number of rotatable bonds is 6. The van der Waals surface area contributed by atoms with Crippen molar-refractivity contribution in [3.63, 3.8) is 0 Å². The van der Waals surface area contributed by atoms with Crippen LogP contribution in [0.3, 0.4) is 0 Å². The molecule has 0 amide bonds. The minimum atomic E-state index is -0.695. The second-order valence-corrected chi connectivity index (χ2v) is 7.56. The molecule has 0 aliphatic carbocycles. The Kier molecular flexibility index (Phi) is 5.62. The summed E-state index contributed by atoms with van der Waals surface area (Å²) in [4.78, 5) is 38.6. The molecular formula is C20H22N4O3S. The maximum absolute atomic E-state index is 13.1. The van der Waals surface area contributed by atoms with Gasteiger partial charge in [0.15, 0.2) is 5.78 Å². The van der Waals surface area contributed by atoms with E-state index in [1.165, 1.54) is 14.1 Å².